The second kappa shape index (κ2) is 11.2. The van der Waals surface area contributed by atoms with E-state index in [1.54, 1.807) is 7.05 Å². The number of carbonyl (C=O) groups excluding carboxylic acids is 3. The molecule has 2 rings (SSSR count). The van der Waals surface area contributed by atoms with Crippen molar-refractivity contribution in [3.63, 3.8) is 0 Å². The maximum Gasteiger partial charge on any atom is 0.324 e. The fourth-order valence-corrected chi connectivity index (χ4v) is 3.09. The van der Waals surface area contributed by atoms with E-state index in [0.717, 1.165) is 25.7 Å². The number of rotatable bonds is 6. The van der Waals surface area contributed by atoms with Crippen LogP contribution in [0.25, 0.3) is 0 Å². The Morgan fingerprint density at radius 2 is 2.00 bits per heavy atom. The Hall–Kier alpha value is -1.59. The van der Waals surface area contributed by atoms with E-state index in [1.165, 1.54) is 4.90 Å². The molecule has 1 heterocycles. The third-order valence-electron chi connectivity index (χ3n) is 4.48. The molecule has 1 aliphatic heterocycles. The summed E-state index contributed by atoms with van der Waals surface area (Å²) in [5, 5.41) is 8.93. The summed E-state index contributed by atoms with van der Waals surface area (Å²) in [6, 6.07) is -0.111. The fraction of sp³-hybridized carbons (Fsp3) is 0.750. The summed E-state index contributed by atoms with van der Waals surface area (Å²) in [6.45, 7) is 3.03. The van der Waals surface area contributed by atoms with E-state index in [1.807, 2.05) is 6.92 Å². The van der Waals surface area contributed by atoms with Gasteiger partial charge in [-0.25, -0.2) is 4.79 Å². The van der Waals surface area contributed by atoms with Gasteiger partial charge in [0.1, 0.15) is 0 Å². The molecule has 9 nitrogen and oxygen atoms in total. The Labute approximate surface area is 170 Å². The van der Waals surface area contributed by atoms with Crippen LogP contribution in [0.5, 0.6) is 0 Å². The van der Waals surface area contributed by atoms with Gasteiger partial charge in [-0.15, -0.1) is 24.0 Å². The van der Waals surface area contributed by atoms with Crippen molar-refractivity contribution in [3.8, 4) is 0 Å². The highest BCUT2D eigenvalue weighted by Gasteiger charge is 2.29. The second-order valence-corrected chi connectivity index (χ2v) is 6.15. The SMILES string of the molecule is CCOC(=O)C1CCC(NC(=NC)NCCN2C(=O)CNC2=O)CC1.I. The standard InChI is InChI=1S/C16H27N5O4.HI/c1-3-25-14(23)11-4-6-12(7-5-11)20-15(17-2)18-8-9-21-13(22)10-19-16(21)24;/h11-12H,3-10H2,1-2H3,(H,19,24)(H2,17,18,20);1H. The van der Waals surface area contributed by atoms with Crippen molar-refractivity contribution in [2.75, 3.05) is 33.3 Å². The minimum Gasteiger partial charge on any atom is -0.466 e. The number of urea groups is 1. The number of imide groups is 1. The van der Waals surface area contributed by atoms with Gasteiger partial charge >= 0.3 is 12.0 Å². The molecule has 0 bridgehead atoms. The number of carbonyl (C=O) groups is 3. The van der Waals surface area contributed by atoms with Gasteiger partial charge in [0.25, 0.3) is 0 Å². The molecule has 0 unspecified atom stereocenters. The zero-order valence-electron chi connectivity index (χ0n) is 15.2. The number of hydrogen-bond acceptors (Lipinski definition) is 5. The summed E-state index contributed by atoms with van der Waals surface area (Å²) in [7, 11) is 1.67. The number of nitrogens with one attached hydrogen (secondary N) is 3. The molecule has 10 heteroatoms. The van der Waals surface area contributed by atoms with Crippen LogP contribution in [0.4, 0.5) is 4.79 Å². The minimum atomic E-state index is -0.355. The van der Waals surface area contributed by atoms with Gasteiger partial charge < -0.3 is 20.7 Å². The molecule has 0 aromatic rings. The van der Waals surface area contributed by atoms with E-state index >= 15 is 0 Å². The van der Waals surface area contributed by atoms with Crippen LogP contribution in [-0.4, -0.2) is 68.1 Å². The molecule has 0 radical (unpaired) electrons. The molecule has 0 atom stereocenters. The lowest BCUT2D eigenvalue weighted by Crippen LogP contribution is -2.47. The molecule has 1 aliphatic carbocycles. The van der Waals surface area contributed by atoms with E-state index in [0.29, 0.717) is 25.7 Å². The normalized spacial score (nSPS) is 23.2. The van der Waals surface area contributed by atoms with Gasteiger partial charge in [-0.2, -0.15) is 0 Å². The number of halogens is 1. The highest BCUT2D eigenvalue weighted by atomic mass is 127. The first-order valence-electron chi connectivity index (χ1n) is 8.77. The molecular weight excluding hydrogens is 453 g/mol. The molecular formula is C16H28IN5O4. The summed E-state index contributed by atoms with van der Waals surface area (Å²) in [6.07, 6.45) is 3.35. The molecule has 0 aromatic heterocycles. The van der Waals surface area contributed by atoms with E-state index < -0.39 is 0 Å². The number of aliphatic imine (C=N–C) groups is 1. The van der Waals surface area contributed by atoms with Gasteiger partial charge in [-0.05, 0) is 32.6 Å². The number of ether oxygens (including phenoxy) is 1. The first-order valence-corrected chi connectivity index (χ1v) is 8.77. The first kappa shape index (κ1) is 22.5. The third kappa shape index (κ3) is 6.29. The lowest BCUT2D eigenvalue weighted by atomic mass is 9.86. The lowest BCUT2D eigenvalue weighted by molar-refractivity contribution is -0.149. The monoisotopic (exact) mass is 481 g/mol. The van der Waals surface area contributed by atoms with Crippen LogP contribution >= 0.6 is 24.0 Å². The van der Waals surface area contributed by atoms with Gasteiger partial charge in [-0.1, -0.05) is 0 Å². The highest BCUT2D eigenvalue weighted by Crippen LogP contribution is 2.25. The fourth-order valence-electron chi connectivity index (χ4n) is 3.09. The van der Waals surface area contributed by atoms with Gasteiger partial charge in [0, 0.05) is 26.2 Å². The maximum atomic E-state index is 11.8. The van der Waals surface area contributed by atoms with Crippen LogP contribution in [0.3, 0.4) is 0 Å². The van der Waals surface area contributed by atoms with Crippen molar-refractivity contribution >= 4 is 47.8 Å². The Bertz CT molecular complexity index is 519. The van der Waals surface area contributed by atoms with Crippen LogP contribution in [0.2, 0.25) is 0 Å². The van der Waals surface area contributed by atoms with Gasteiger partial charge in [0.2, 0.25) is 5.91 Å². The molecule has 0 aromatic carbocycles. The zero-order chi connectivity index (χ0) is 18.2. The molecule has 1 saturated carbocycles. The van der Waals surface area contributed by atoms with Crippen LogP contribution in [0.1, 0.15) is 32.6 Å². The van der Waals surface area contributed by atoms with Crippen molar-refractivity contribution in [2.24, 2.45) is 10.9 Å². The van der Waals surface area contributed by atoms with Gasteiger partial charge in [0.05, 0.1) is 19.1 Å². The average molecular weight is 481 g/mol. The molecule has 2 aliphatic rings. The third-order valence-corrected chi connectivity index (χ3v) is 4.48. The molecule has 148 valence electrons. The molecule has 1 saturated heterocycles. The molecule has 2 fully saturated rings. The highest BCUT2D eigenvalue weighted by molar-refractivity contribution is 14.0. The van der Waals surface area contributed by atoms with E-state index in [9.17, 15) is 14.4 Å². The van der Waals surface area contributed by atoms with Crippen LogP contribution < -0.4 is 16.0 Å². The number of amides is 3. The maximum absolute atomic E-state index is 11.8. The molecule has 3 amide bonds. The Morgan fingerprint density at radius 3 is 2.54 bits per heavy atom. The molecule has 3 N–H and O–H groups in total. The predicted octanol–water partition coefficient (Wildman–Crippen LogP) is 0.443. The average Bonchev–Trinajstić information content (AvgIpc) is 2.93. The summed E-state index contributed by atoms with van der Waals surface area (Å²) in [5.41, 5.74) is 0. The van der Waals surface area contributed by atoms with Crippen LogP contribution in [0, 0.1) is 5.92 Å². The smallest absolute Gasteiger partial charge is 0.324 e. The van der Waals surface area contributed by atoms with Crippen molar-refractivity contribution in [1.29, 1.82) is 0 Å². The number of hydrogen-bond donors (Lipinski definition) is 3. The summed E-state index contributed by atoms with van der Waals surface area (Å²) < 4.78 is 5.08. The summed E-state index contributed by atoms with van der Waals surface area (Å²) >= 11 is 0. The van der Waals surface area contributed by atoms with E-state index in [-0.39, 0.29) is 60.4 Å². The largest absolute Gasteiger partial charge is 0.466 e. The van der Waals surface area contributed by atoms with Crippen molar-refractivity contribution in [3.05, 3.63) is 0 Å². The number of esters is 1. The topological polar surface area (TPSA) is 112 Å². The van der Waals surface area contributed by atoms with Gasteiger partial charge in [-0.3, -0.25) is 19.5 Å². The van der Waals surface area contributed by atoms with E-state index in [4.69, 9.17) is 4.74 Å². The van der Waals surface area contributed by atoms with Crippen LogP contribution in [-0.2, 0) is 14.3 Å². The van der Waals surface area contributed by atoms with Crippen molar-refractivity contribution in [2.45, 2.75) is 38.6 Å². The molecule has 26 heavy (non-hydrogen) atoms. The molecule has 0 spiro atoms. The Balaban J connectivity index is 0.00000338. The predicted molar refractivity (Wildman–Crippen MR) is 107 cm³/mol. The Kier molecular flexibility index (Phi) is 9.66. The van der Waals surface area contributed by atoms with Gasteiger partial charge in [0.15, 0.2) is 5.96 Å². The summed E-state index contributed by atoms with van der Waals surface area (Å²) in [4.78, 5) is 40.1. The summed E-state index contributed by atoms with van der Waals surface area (Å²) in [5.74, 6) is 0.309. The minimum absolute atomic E-state index is 0. The van der Waals surface area contributed by atoms with Crippen LogP contribution in [0.15, 0.2) is 4.99 Å². The quantitative estimate of drug-likeness (QED) is 0.167. The van der Waals surface area contributed by atoms with Crippen molar-refractivity contribution in [1.82, 2.24) is 20.9 Å². The second-order valence-electron chi connectivity index (χ2n) is 6.15. The Morgan fingerprint density at radius 1 is 1.31 bits per heavy atom. The number of guanidine groups is 1. The number of nitrogens with zero attached hydrogens (tertiary/aromatic N) is 2. The zero-order valence-corrected chi connectivity index (χ0v) is 17.6. The van der Waals surface area contributed by atoms with Crippen molar-refractivity contribution < 1.29 is 19.1 Å². The van der Waals surface area contributed by atoms with E-state index in [2.05, 4.69) is 20.9 Å². The first-order chi connectivity index (χ1) is 12.0. The lowest BCUT2D eigenvalue weighted by Gasteiger charge is -2.29.